The zero-order valence-corrected chi connectivity index (χ0v) is 15.5. The largest absolute Gasteiger partial charge is 0.497 e. The molecule has 2 aromatic rings. The van der Waals surface area contributed by atoms with Gasteiger partial charge in [0.15, 0.2) is 5.76 Å². The fourth-order valence-corrected chi connectivity index (χ4v) is 3.61. The summed E-state index contributed by atoms with van der Waals surface area (Å²) < 4.78 is 10.4. The second-order valence-electron chi connectivity index (χ2n) is 6.71. The summed E-state index contributed by atoms with van der Waals surface area (Å²) in [6.45, 7) is 5.74. The van der Waals surface area contributed by atoms with Gasteiger partial charge in [-0.05, 0) is 62.6 Å². The van der Waals surface area contributed by atoms with Gasteiger partial charge in [0.25, 0.3) is 5.91 Å². The van der Waals surface area contributed by atoms with Crippen LogP contribution in [0.3, 0.4) is 0 Å². The number of hydrogen-bond donors (Lipinski definition) is 1. The van der Waals surface area contributed by atoms with E-state index in [1.807, 2.05) is 36.9 Å². The summed E-state index contributed by atoms with van der Waals surface area (Å²) in [7, 11) is 1.65. The number of amides is 2. The minimum absolute atomic E-state index is 0.0278. The van der Waals surface area contributed by atoms with Gasteiger partial charge in [-0.25, -0.2) is 0 Å². The third-order valence-corrected chi connectivity index (χ3v) is 4.93. The molecule has 26 heavy (non-hydrogen) atoms. The van der Waals surface area contributed by atoms with E-state index in [9.17, 15) is 9.59 Å². The summed E-state index contributed by atoms with van der Waals surface area (Å²) in [4.78, 5) is 27.0. The quantitative estimate of drug-likeness (QED) is 0.914. The molecule has 0 aliphatic carbocycles. The molecule has 0 saturated carbocycles. The summed E-state index contributed by atoms with van der Waals surface area (Å²) >= 11 is 0. The van der Waals surface area contributed by atoms with Crippen LogP contribution in [0.15, 0.2) is 41.0 Å². The van der Waals surface area contributed by atoms with E-state index < -0.39 is 11.9 Å². The molecule has 0 fully saturated rings. The zero-order chi connectivity index (χ0) is 18.8. The third-order valence-electron chi connectivity index (χ3n) is 4.93. The van der Waals surface area contributed by atoms with Crippen LogP contribution in [0.5, 0.6) is 5.75 Å². The van der Waals surface area contributed by atoms with E-state index >= 15 is 0 Å². The van der Waals surface area contributed by atoms with Crippen molar-refractivity contribution >= 4 is 11.8 Å². The van der Waals surface area contributed by atoms with Gasteiger partial charge in [0.05, 0.1) is 19.4 Å². The Bertz CT molecular complexity index is 800. The SMILES string of the molecule is COc1ccc2c(c1)CC(C)N(C(=O)C(C)NC(=O)c1ccco1)C2C. The molecule has 0 radical (unpaired) electrons. The average Bonchev–Trinajstić information content (AvgIpc) is 3.15. The topological polar surface area (TPSA) is 71.8 Å². The van der Waals surface area contributed by atoms with Crippen molar-refractivity contribution < 1.29 is 18.7 Å². The molecule has 1 N–H and O–H groups in total. The van der Waals surface area contributed by atoms with Gasteiger partial charge in [-0.2, -0.15) is 0 Å². The predicted molar refractivity (Wildman–Crippen MR) is 97.1 cm³/mol. The van der Waals surface area contributed by atoms with E-state index in [0.29, 0.717) is 0 Å². The summed E-state index contributed by atoms with van der Waals surface area (Å²) in [5, 5.41) is 2.72. The monoisotopic (exact) mass is 356 g/mol. The Labute approximate surface area is 153 Å². The van der Waals surface area contributed by atoms with Crippen LogP contribution in [0.25, 0.3) is 0 Å². The van der Waals surface area contributed by atoms with Crippen LogP contribution >= 0.6 is 0 Å². The highest BCUT2D eigenvalue weighted by Crippen LogP contribution is 2.35. The number of hydrogen-bond acceptors (Lipinski definition) is 4. The Balaban J connectivity index is 1.77. The molecule has 1 aliphatic heterocycles. The fraction of sp³-hybridized carbons (Fsp3) is 0.400. The second kappa shape index (κ2) is 7.23. The van der Waals surface area contributed by atoms with Crippen LogP contribution in [0.1, 0.15) is 48.5 Å². The molecule has 0 saturated heterocycles. The number of benzene rings is 1. The predicted octanol–water partition coefficient (Wildman–Crippen LogP) is 2.94. The minimum Gasteiger partial charge on any atom is -0.497 e. The van der Waals surface area contributed by atoms with E-state index in [2.05, 4.69) is 5.32 Å². The van der Waals surface area contributed by atoms with Crippen LogP contribution in [0.4, 0.5) is 0 Å². The maximum Gasteiger partial charge on any atom is 0.287 e. The van der Waals surface area contributed by atoms with Crippen molar-refractivity contribution in [3.8, 4) is 5.75 Å². The first kappa shape index (κ1) is 18.0. The molecule has 6 heteroatoms. The van der Waals surface area contributed by atoms with Gasteiger partial charge in [0, 0.05) is 6.04 Å². The lowest BCUT2D eigenvalue weighted by Crippen LogP contribution is -2.52. The van der Waals surface area contributed by atoms with Gasteiger partial charge in [0.2, 0.25) is 5.91 Å². The Morgan fingerprint density at radius 3 is 2.73 bits per heavy atom. The van der Waals surface area contributed by atoms with Gasteiger partial charge >= 0.3 is 0 Å². The molecular formula is C20H24N2O4. The number of carbonyl (C=O) groups excluding carboxylic acids is 2. The molecular weight excluding hydrogens is 332 g/mol. The first-order valence-electron chi connectivity index (χ1n) is 8.75. The van der Waals surface area contributed by atoms with Crippen molar-refractivity contribution in [1.82, 2.24) is 10.2 Å². The van der Waals surface area contributed by atoms with Crippen molar-refractivity contribution in [2.45, 2.75) is 45.3 Å². The molecule has 138 valence electrons. The summed E-state index contributed by atoms with van der Waals surface area (Å²) in [5.41, 5.74) is 2.31. The third kappa shape index (κ3) is 3.31. The van der Waals surface area contributed by atoms with Crippen molar-refractivity contribution in [2.75, 3.05) is 7.11 Å². The molecule has 3 atom stereocenters. The second-order valence-corrected chi connectivity index (χ2v) is 6.71. The van der Waals surface area contributed by atoms with Crippen molar-refractivity contribution in [2.24, 2.45) is 0 Å². The van der Waals surface area contributed by atoms with Crippen molar-refractivity contribution in [3.05, 3.63) is 53.5 Å². The maximum atomic E-state index is 13.0. The summed E-state index contributed by atoms with van der Waals surface area (Å²) in [6.07, 6.45) is 2.18. The number of carbonyl (C=O) groups is 2. The van der Waals surface area contributed by atoms with Gasteiger partial charge < -0.3 is 19.4 Å². The van der Waals surface area contributed by atoms with Crippen LogP contribution in [-0.2, 0) is 11.2 Å². The number of nitrogens with zero attached hydrogens (tertiary/aromatic N) is 1. The number of fused-ring (bicyclic) bond motifs is 1. The molecule has 1 aromatic carbocycles. The molecule has 1 aliphatic rings. The molecule has 3 unspecified atom stereocenters. The molecule has 3 rings (SSSR count). The first-order chi connectivity index (χ1) is 12.4. The van der Waals surface area contributed by atoms with E-state index in [0.717, 1.165) is 17.7 Å². The fourth-order valence-electron chi connectivity index (χ4n) is 3.61. The highest BCUT2D eigenvalue weighted by Gasteiger charge is 2.35. The summed E-state index contributed by atoms with van der Waals surface area (Å²) in [6, 6.07) is 8.48. The molecule has 0 bridgehead atoms. The van der Waals surface area contributed by atoms with Crippen molar-refractivity contribution in [1.29, 1.82) is 0 Å². The lowest BCUT2D eigenvalue weighted by atomic mass is 9.88. The standard InChI is InChI=1S/C20H24N2O4/c1-12-10-15-11-16(25-4)7-8-17(15)14(3)22(12)20(24)13(2)21-19(23)18-6-5-9-26-18/h5-9,11-14H,10H2,1-4H3,(H,21,23). The van der Waals surface area contributed by atoms with E-state index in [1.54, 1.807) is 26.2 Å². The van der Waals surface area contributed by atoms with E-state index in [4.69, 9.17) is 9.15 Å². The Hall–Kier alpha value is -2.76. The number of ether oxygens (including phenoxy) is 1. The van der Waals surface area contributed by atoms with Gasteiger partial charge in [0.1, 0.15) is 11.8 Å². The van der Waals surface area contributed by atoms with Crippen LogP contribution in [-0.4, -0.2) is 35.9 Å². The van der Waals surface area contributed by atoms with Gasteiger partial charge in [-0.1, -0.05) is 6.07 Å². The van der Waals surface area contributed by atoms with Gasteiger partial charge in [-0.15, -0.1) is 0 Å². The average molecular weight is 356 g/mol. The number of nitrogens with one attached hydrogen (secondary N) is 1. The van der Waals surface area contributed by atoms with E-state index in [1.165, 1.54) is 11.8 Å². The van der Waals surface area contributed by atoms with E-state index in [-0.39, 0.29) is 23.8 Å². The Morgan fingerprint density at radius 1 is 1.31 bits per heavy atom. The highest BCUT2D eigenvalue weighted by molar-refractivity contribution is 5.95. The highest BCUT2D eigenvalue weighted by atomic mass is 16.5. The molecule has 2 amide bonds. The molecule has 0 spiro atoms. The number of methoxy groups -OCH3 is 1. The Morgan fingerprint density at radius 2 is 2.08 bits per heavy atom. The lowest BCUT2D eigenvalue weighted by molar-refractivity contribution is -0.138. The van der Waals surface area contributed by atoms with Crippen LogP contribution in [0.2, 0.25) is 0 Å². The molecule has 1 aromatic heterocycles. The first-order valence-corrected chi connectivity index (χ1v) is 8.75. The number of rotatable bonds is 4. The Kier molecular flexibility index (Phi) is 5.02. The van der Waals surface area contributed by atoms with Crippen LogP contribution in [0, 0.1) is 0 Å². The van der Waals surface area contributed by atoms with Gasteiger partial charge in [-0.3, -0.25) is 9.59 Å². The normalized spacial score (nSPS) is 20.2. The molecule has 2 heterocycles. The zero-order valence-electron chi connectivity index (χ0n) is 15.5. The van der Waals surface area contributed by atoms with Crippen molar-refractivity contribution in [3.63, 3.8) is 0 Å². The minimum atomic E-state index is -0.641. The molecule has 6 nitrogen and oxygen atoms in total. The summed E-state index contributed by atoms with van der Waals surface area (Å²) in [5.74, 6) is 0.522. The number of furan rings is 1. The van der Waals surface area contributed by atoms with Crippen LogP contribution < -0.4 is 10.1 Å². The maximum absolute atomic E-state index is 13.0. The smallest absolute Gasteiger partial charge is 0.287 e. The lowest BCUT2D eigenvalue weighted by Gasteiger charge is -2.41.